The van der Waals surface area contributed by atoms with E-state index in [9.17, 15) is 5.11 Å². The minimum Gasteiger partial charge on any atom is -0.508 e. The van der Waals surface area contributed by atoms with Gasteiger partial charge in [-0.15, -0.1) is 0 Å². The zero-order valence-electron chi connectivity index (χ0n) is 11.5. The number of alkyl halides is 1. The summed E-state index contributed by atoms with van der Waals surface area (Å²) in [5.41, 5.74) is 2.95. The van der Waals surface area contributed by atoms with Crippen LogP contribution in [0, 0.1) is 0 Å². The molecule has 0 amide bonds. The second-order valence-electron chi connectivity index (χ2n) is 5.05. The van der Waals surface area contributed by atoms with Gasteiger partial charge in [-0.2, -0.15) is 0 Å². The highest BCUT2D eigenvalue weighted by Gasteiger charge is 2.14. The van der Waals surface area contributed by atoms with E-state index in [0.29, 0.717) is 5.75 Å². The van der Waals surface area contributed by atoms with Gasteiger partial charge in [0.15, 0.2) is 5.58 Å². The van der Waals surface area contributed by atoms with E-state index < -0.39 is 0 Å². The van der Waals surface area contributed by atoms with Crippen LogP contribution in [-0.4, -0.2) is 10.1 Å². The second kappa shape index (κ2) is 6.31. The number of hydrogen-bond donors (Lipinski definition) is 1. The van der Waals surface area contributed by atoms with Crippen molar-refractivity contribution in [2.75, 3.05) is 0 Å². The molecule has 21 heavy (non-hydrogen) atoms. The normalized spacial score (nSPS) is 12.6. The van der Waals surface area contributed by atoms with Crippen LogP contribution in [0.4, 0.5) is 0 Å². The molecular formula is C17H16BrNO2. The van der Waals surface area contributed by atoms with Crippen LogP contribution >= 0.6 is 15.9 Å². The van der Waals surface area contributed by atoms with E-state index in [1.807, 2.05) is 36.4 Å². The first-order chi connectivity index (χ1) is 10.2. The number of nitrogens with zero attached hydrogens (tertiary/aromatic N) is 1. The number of rotatable bonds is 5. The Morgan fingerprint density at radius 2 is 1.86 bits per heavy atom. The first kappa shape index (κ1) is 14.1. The average Bonchev–Trinajstić information content (AvgIpc) is 2.93. The maximum atomic E-state index is 9.26. The summed E-state index contributed by atoms with van der Waals surface area (Å²) in [4.78, 5) is 4.63. The molecule has 3 nitrogen and oxygen atoms in total. The maximum absolute atomic E-state index is 9.26. The molecule has 1 unspecified atom stereocenters. The first-order valence-electron chi connectivity index (χ1n) is 7.00. The number of aromatic hydroxyl groups is 1. The van der Waals surface area contributed by atoms with Crippen LogP contribution in [0.25, 0.3) is 11.1 Å². The van der Waals surface area contributed by atoms with Gasteiger partial charge >= 0.3 is 0 Å². The van der Waals surface area contributed by atoms with Crippen LogP contribution in [0.15, 0.2) is 52.9 Å². The lowest BCUT2D eigenvalue weighted by Crippen LogP contribution is -1.92. The summed E-state index contributed by atoms with van der Waals surface area (Å²) in [6.07, 6.45) is 2.95. The smallest absolute Gasteiger partial charge is 0.209 e. The number of aromatic nitrogens is 1. The van der Waals surface area contributed by atoms with Crippen molar-refractivity contribution >= 4 is 27.0 Å². The van der Waals surface area contributed by atoms with E-state index in [4.69, 9.17) is 4.42 Å². The SMILES string of the molecule is Oc1ccc(CCCC(Br)c2nc3ccccc3o2)cc1. The van der Waals surface area contributed by atoms with Gasteiger partial charge in [0.2, 0.25) is 5.89 Å². The summed E-state index contributed by atoms with van der Waals surface area (Å²) in [5.74, 6) is 1.05. The number of halogens is 1. The lowest BCUT2D eigenvalue weighted by molar-refractivity contribution is 0.475. The Bertz CT molecular complexity index is 688. The lowest BCUT2D eigenvalue weighted by Gasteiger charge is -2.05. The molecule has 0 saturated heterocycles. The minimum absolute atomic E-state index is 0.127. The number of fused-ring (bicyclic) bond motifs is 1. The van der Waals surface area contributed by atoms with E-state index in [2.05, 4.69) is 20.9 Å². The highest BCUT2D eigenvalue weighted by molar-refractivity contribution is 9.09. The molecule has 1 heterocycles. The maximum Gasteiger partial charge on any atom is 0.209 e. The molecule has 0 aliphatic carbocycles. The number of oxazole rings is 1. The van der Waals surface area contributed by atoms with Crippen LogP contribution in [0.5, 0.6) is 5.75 Å². The monoisotopic (exact) mass is 345 g/mol. The highest BCUT2D eigenvalue weighted by Crippen LogP contribution is 2.30. The van der Waals surface area contributed by atoms with Crippen molar-refractivity contribution in [3.8, 4) is 5.75 Å². The third-order valence-electron chi connectivity index (χ3n) is 3.44. The van der Waals surface area contributed by atoms with Crippen LogP contribution in [0.2, 0.25) is 0 Å². The van der Waals surface area contributed by atoms with E-state index >= 15 is 0 Å². The Balaban J connectivity index is 1.58. The minimum atomic E-state index is 0.127. The van der Waals surface area contributed by atoms with Crippen molar-refractivity contribution < 1.29 is 9.52 Å². The third-order valence-corrected chi connectivity index (χ3v) is 4.29. The molecule has 4 heteroatoms. The van der Waals surface area contributed by atoms with Crippen molar-refractivity contribution in [2.24, 2.45) is 0 Å². The molecule has 2 aromatic carbocycles. The average molecular weight is 346 g/mol. The number of aryl methyl sites for hydroxylation is 1. The molecule has 3 rings (SSSR count). The van der Waals surface area contributed by atoms with Crippen molar-refractivity contribution in [3.63, 3.8) is 0 Å². The zero-order valence-corrected chi connectivity index (χ0v) is 13.1. The molecule has 0 saturated carbocycles. The Morgan fingerprint density at radius 1 is 1.10 bits per heavy atom. The van der Waals surface area contributed by atoms with E-state index in [0.717, 1.165) is 36.3 Å². The van der Waals surface area contributed by atoms with Gasteiger partial charge in [-0.05, 0) is 49.1 Å². The van der Waals surface area contributed by atoms with Crippen molar-refractivity contribution in [1.82, 2.24) is 4.98 Å². The number of phenolic OH excluding ortho intramolecular Hbond substituents is 1. The predicted octanol–water partition coefficient (Wildman–Crippen LogP) is 4.99. The largest absolute Gasteiger partial charge is 0.508 e. The Hall–Kier alpha value is -1.81. The quantitative estimate of drug-likeness (QED) is 0.662. The van der Waals surface area contributed by atoms with Gasteiger partial charge in [0.05, 0.1) is 4.83 Å². The molecule has 0 radical (unpaired) electrons. The van der Waals surface area contributed by atoms with E-state index in [1.165, 1.54) is 5.56 Å². The molecule has 1 aromatic heterocycles. The molecular weight excluding hydrogens is 330 g/mol. The van der Waals surface area contributed by atoms with Gasteiger partial charge in [0.25, 0.3) is 0 Å². The standard InChI is InChI=1S/C17H16BrNO2/c18-14(5-3-4-12-8-10-13(20)11-9-12)17-19-15-6-1-2-7-16(15)21-17/h1-2,6-11,14,20H,3-5H2. The number of phenols is 1. The van der Waals surface area contributed by atoms with Crippen molar-refractivity contribution in [1.29, 1.82) is 0 Å². The molecule has 0 aliphatic rings. The molecule has 0 aliphatic heterocycles. The van der Waals surface area contributed by atoms with Gasteiger partial charge in [-0.25, -0.2) is 4.98 Å². The van der Waals surface area contributed by atoms with E-state index in [1.54, 1.807) is 12.1 Å². The summed E-state index contributed by atoms with van der Waals surface area (Å²) < 4.78 is 5.76. The third kappa shape index (κ3) is 3.45. The number of benzene rings is 2. The van der Waals surface area contributed by atoms with Gasteiger partial charge in [0.1, 0.15) is 11.3 Å². The Morgan fingerprint density at radius 3 is 2.62 bits per heavy atom. The Labute approximate surface area is 131 Å². The van der Waals surface area contributed by atoms with Crippen LogP contribution in [0.3, 0.4) is 0 Å². The fourth-order valence-corrected chi connectivity index (χ4v) is 2.82. The highest BCUT2D eigenvalue weighted by atomic mass is 79.9. The predicted molar refractivity (Wildman–Crippen MR) is 86.7 cm³/mol. The molecule has 0 fully saturated rings. The molecule has 3 aromatic rings. The second-order valence-corrected chi connectivity index (χ2v) is 6.15. The van der Waals surface area contributed by atoms with Crippen molar-refractivity contribution in [2.45, 2.75) is 24.1 Å². The fourth-order valence-electron chi connectivity index (χ4n) is 2.30. The summed E-state index contributed by atoms with van der Waals surface area (Å²) in [7, 11) is 0. The first-order valence-corrected chi connectivity index (χ1v) is 7.91. The van der Waals surface area contributed by atoms with Crippen molar-refractivity contribution in [3.05, 3.63) is 60.0 Å². The van der Waals surface area contributed by atoms with Gasteiger partial charge < -0.3 is 9.52 Å². The molecule has 0 spiro atoms. The number of hydrogen-bond acceptors (Lipinski definition) is 3. The summed E-state index contributed by atoms with van der Waals surface area (Å²) in [6.45, 7) is 0. The van der Waals surface area contributed by atoms with E-state index in [-0.39, 0.29) is 4.83 Å². The fraction of sp³-hybridized carbons (Fsp3) is 0.235. The van der Waals surface area contributed by atoms with Crippen LogP contribution < -0.4 is 0 Å². The molecule has 1 atom stereocenters. The Kier molecular flexibility index (Phi) is 4.25. The lowest BCUT2D eigenvalue weighted by atomic mass is 10.1. The summed E-state index contributed by atoms with van der Waals surface area (Å²) in [5, 5.41) is 9.26. The van der Waals surface area contributed by atoms with Gasteiger partial charge in [0, 0.05) is 0 Å². The number of para-hydroxylation sites is 2. The van der Waals surface area contributed by atoms with Gasteiger partial charge in [-0.3, -0.25) is 0 Å². The van der Waals surface area contributed by atoms with Crippen LogP contribution in [0.1, 0.15) is 29.1 Å². The molecule has 0 bridgehead atoms. The van der Waals surface area contributed by atoms with Gasteiger partial charge in [-0.1, -0.05) is 40.2 Å². The summed E-state index contributed by atoms with van der Waals surface area (Å²) >= 11 is 3.65. The zero-order chi connectivity index (χ0) is 14.7. The summed E-state index contributed by atoms with van der Waals surface area (Å²) in [6, 6.07) is 15.2. The molecule has 1 N–H and O–H groups in total. The molecule has 108 valence electrons. The topological polar surface area (TPSA) is 46.3 Å². The van der Waals surface area contributed by atoms with Crippen LogP contribution in [-0.2, 0) is 6.42 Å².